The van der Waals surface area contributed by atoms with E-state index in [2.05, 4.69) is 4.90 Å². The fourth-order valence-corrected chi connectivity index (χ4v) is 4.11. The normalized spacial score (nSPS) is 23.4. The van der Waals surface area contributed by atoms with Crippen LogP contribution < -0.4 is 0 Å². The summed E-state index contributed by atoms with van der Waals surface area (Å²) in [6, 6.07) is 6.59. The highest BCUT2D eigenvalue weighted by atomic mass is 19.1. The van der Waals surface area contributed by atoms with Gasteiger partial charge >= 0.3 is 0 Å². The molecule has 3 nitrogen and oxygen atoms in total. The summed E-state index contributed by atoms with van der Waals surface area (Å²) < 4.78 is 13.3. The lowest BCUT2D eigenvalue weighted by atomic mass is 10.00. The molecule has 2 atom stereocenters. The lowest BCUT2D eigenvalue weighted by Crippen LogP contribution is -2.37. The molecule has 0 spiro atoms. The van der Waals surface area contributed by atoms with Crippen LogP contribution in [0.2, 0.25) is 0 Å². The average molecular weight is 332 g/mol. The van der Waals surface area contributed by atoms with E-state index in [1.165, 1.54) is 44.5 Å². The molecule has 0 N–H and O–H groups in total. The van der Waals surface area contributed by atoms with E-state index >= 15 is 0 Å². The van der Waals surface area contributed by atoms with Gasteiger partial charge in [-0.05, 0) is 62.4 Å². The van der Waals surface area contributed by atoms with Gasteiger partial charge in [0.05, 0.1) is 0 Å². The summed E-state index contributed by atoms with van der Waals surface area (Å²) in [6.07, 6.45) is 5.74. The highest BCUT2D eigenvalue weighted by Crippen LogP contribution is 2.22. The van der Waals surface area contributed by atoms with Gasteiger partial charge in [-0.2, -0.15) is 0 Å². The van der Waals surface area contributed by atoms with Gasteiger partial charge in [0, 0.05) is 25.6 Å². The number of carbonyl (C=O) groups is 1. The summed E-state index contributed by atoms with van der Waals surface area (Å²) in [5, 5.41) is 0. The first kappa shape index (κ1) is 17.4. The van der Waals surface area contributed by atoms with Crippen LogP contribution in [0.3, 0.4) is 0 Å². The molecular weight excluding hydrogens is 303 g/mol. The van der Waals surface area contributed by atoms with Gasteiger partial charge in [0.25, 0.3) is 0 Å². The maximum Gasteiger partial charge on any atom is 0.225 e. The van der Waals surface area contributed by atoms with Crippen molar-refractivity contribution in [3.63, 3.8) is 0 Å². The van der Waals surface area contributed by atoms with E-state index in [1.54, 1.807) is 6.07 Å². The van der Waals surface area contributed by atoms with E-state index < -0.39 is 0 Å². The third-order valence-corrected chi connectivity index (χ3v) is 5.42. The van der Waals surface area contributed by atoms with E-state index in [-0.39, 0.29) is 17.6 Å². The molecule has 132 valence electrons. The molecule has 2 unspecified atom stereocenters. The fourth-order valence-electron chi connectivity index (χ4n) is 4.11. The predicted octanol–water partition coefficient (Wildman–Crippen LogP) is 3.34. The molecule has 1 aromatic rings. The Bertz CT molecular complexity index is 556. The lowest BCUT2D eigenvalue weighted by Gasteiger charge is -2.29. The van der Waals surface area contributed by atoms with E-state index in [4.69, 9.17) is 0 Å². The second-order valence-corrected chi connectivity index (χ2v) is 7.54. The molecule has 2 heterocycles. The molecule has 2 saturated heterocycles. The summed E-state index contributed by atoms with van der Waals surface area (Å²) in [4.78, 5) is 17.3. The van der Waals surface area contributed by atoms with Crippen LogP contribution in [0.1, 0.15) is 38.2 Å². The minimum atomic E-state index is -0.227. The smallest absolute Gasteiger partial charge is 0.225 e. The van der Waals surface area contributed by atoms with Crippen LogP contribution in [0.15, 0.2) is 24.3 Å². The number of piperidine rings is 1. The number of likely N-dealkylation sites (tertiary alicyclic amines) is 2. The van der Waals surface area contributed by atoms with Crippen LogP contribution in [-0.2, 0) is 11.2 Å². The van der Waals surface area contributed by atoms with Gasteiger partial charge in [-0.3, -0.25) is 4.79 Å². The molecule has 24 heavy (non-hydrogen) atoms. The standard InChI is InChI=1S/C20H29FN2O/c1-16(12-17-6-5-7-19(21)13-17)20(24)23-11-8-18(15-23)14-22-9-3-2-4-10-22/h5-7,13,16,18H,2-4,8-12,14-15H2,1H3. The summed E-state index contributed by atoms with van der Waals surface area (Å²) in [7, 11) is 0. The van der Waals surface area contributed by atoms with Crippen molar-refractivity contribution in [2.24, 2.45) is 11.8 Å². The van der Waals surface area contributed by atoms with E-state index in [0.717, 1.165) is 31.6 Å². The number of hydrogen-bond acceptors (Lipinski definition) is 2. The zero-order valence-corrected chi connectivity index (χ0v) is 14.7. The Labute approximate surface area is 144 Å². The van der Waals surface area contributed by atoms with Gasteiger partial charge < -0.3 is 9.80 Å². The fraction of sp³-hybridized carbons (Fsp3) is 0.650. The average Bonchev–Trinajstić information content (AvgIpc) is 3.03. The molecule has 2 aliphatic heterocycles. The van der Waals surface area contributed by atoms with Crippen molar-refractivity contribution in [3.05, 3.63) is 35.6 Å². The number of benzene rings is 1. The number of amides is 1. The second-order valence-electron chi connectivity index (χ2n) is 7.54. The van der Waals surface area contributed by atoms with Crippen LogP contribution in [0.25, 0.3) is 0 Å². The van der Waals surface area contributed by atoms with Crippen molar-refractivity contribution < 1.29 is 9.18 Å². The number of halogens is 1. The first-order valence-electron chi connectivity index (χ1n) is 9.37. The zero-order chi connectivity index (χ0) is 16.9. The predicted molar refractivity (Wildman–Crippen MR) is 94.2 cm³/mol. The maximum atomic E-state index is 13.3. The van der Waals surface area contributed by atoms with Crippen LogP contribution in [0, 0.1) is 17.7 Å². The van der Waals surface area contributed by atoms with E-state index in [0.29, 0.717) is 12.3 Å². The highest BCUT2D eigenvalue weighted by Gasteiger charge is 2.30. The monoisotopic (exact) mass is 332 g/mol. The third kappa shape index (κ3) is 4.56. The molecule has 0 radical (unpaired) electrons. The molecule has 0 aliphatic carbocycles. The van der Waals surface area contributed by atoms with E-state index in [9.17, 15) is 9.18 Å². The SMILES string of the molecule is CC(Cc1cccc(F)c1)C(=O)N1CCC(CN2CCCCC2)C1. The quantitative estimate of drug-likeness (QED) is 0.826. The molecule has 1 amide bonds. The zero-order valence-electron chi connectivity index (χ0n) is 14.7. The van der Waals surface area contributed by atoms with Gasteiger partial charge in [0.1, 0.15) is 5.82 Å². The number of carbonyl (C=O) groups excluding carboxylic acids is 1. The molecule has 0 saturated carbocycles. The molecular formula is C20H29FN2O. The first-order chi connectivity index (χ1) is 11.6. The largest absolute Gasteiger partial charge is 0.342 e. The molecule has 0 bridgehead atoms. The second kappa shape index (κ2) is 8.11. The molecule has 3 rings (SSSR count). The Morgan fingerprint density at radius 3 is 2.79 bits per heavy atom. The molecule has 4 heteroatoms. The molecule has 0 aromatic heterocycles. The third-order valence-electron chi connectivity index (χ3n) is 5.42. The number of hydrogen-bond donors (Lipinski definition) is 0. The highest BCUT2D eigenvalue weighted by molar-refractivity contribution is 5.79. The van der Waals surface area contributed by atoms with Gasteiger partial charge in [-0.1, -0.05) is 25.5 Å². The van der Waals surface area contributed by atoms with Gasteiger partial charge in [0.15, 0.2) is 0 Å². The van der Waals surface area contributed by atoms with Crippen molar-refractivity contribution in [1.82, 2.24) is 9.80 Å². The summed E-state index contributed by atoms with van der Waals surface area (Å²) >= 11 is 0. The Hall–Kier alpha value is -1.42. The van der Waals surface area contributed by atoms with Gasteiger partial charge in [0.2, 0.25) is 5.91 Å². The van der Waals surface area contributed by atoms with Crippen molar-refractivity contribution in [2.75, 3.05) is 32.7 Å². The summed E-state index contributed by atoms with van der Waals surface area (Å²) in [5.74, 6) is 0.532. The van der Waals surface area contributed by atoms with Crippen molar-refractivity contribution in [2.45, 2.75) is 39.0 Å². The van der Waals surface area contributed by atoms with E-state index in [1.807, 2.05) is 17.9 Å². The van der Waals surface area contributed by atoms with Crippen LogP contribution in [0.4, 0.5) is 4.39 Å². The summed E-state index contributed by atoms with van der Waals surface area (Å²) in [5.41, 5.74) is 0.903. The van der Waals surface area contributed by atoms with Crippen molar-refractivity contribution in [1.29, 1.82) is 0 Å². The van der Waals surface area contributed by atoms with Gasteiger partial charge in [-0.15, -0.1) is 0 Å². The summed E-state index contributed by atoms with van der Waals surface area (Å²) in [6.45, 7) is 7.32. The van der Waals surface area contributed by atoms with Crippen molar-refractivity contribution in [3.8, 4) is 0 Å². The van der Waals surface area contributed by atoms with Crippen LogP contribution in [-0.4, -0.2) is 48.4 Å². The Morgan fingerprint density at radius 1 is 1.25 bits per heavy atom. The Kier molecular flexibility index (Phi) is 5.88. The van der Waals surface area contributed by atoms with Gasteiger partial charge in [-0.25, -0.2) is 4.39 Å². The minimum Gasteiger partial charge on any atom is -0.342 e. The molecule has 2 aliphatic rings. The Balaban J connectivity index is 1.48. The minimum absolute atomic E-state index is 0.0828. The van der Waals surface area contributed by atoms with Crippen molar-refractivity contribution >= 4 is 5.91 Å². The molecule has 1 aromatic carbocycles. The number of rotatable bonds is 5. The number of nitrogens with zero attached hydrogens (tertiary/aromatic N) is 2. The topological polar surface area (TPSA) is 23.6 Å². The first-order valence-corrected chi connectivity index (χ1v) is 9.37. The van der Waals surface area contributed by atoms with Crippen LogP contribution in [0.5, 0.6) is 0 Å². The lowest BCUT2D eigenvalue weighted by molar-refractivity contribution is -0.134. The molecule has 2 fully saturated rings. The maximum absolute atomic E-state index is 13.3. The van der Waals surface area contributed by atoms with Crippen LogP contribution >= 0.6 is 0 Å². The Morgan fingerprint density at radius 2 is 2.04 bits per heavy atom.